The SMILES string of the molecule is c1ccc(-c2cc(-c3ccccc3)nc(-c3cccc4sc5ccc(-c6nc7ccccc7n6-c6ccccc6)cc5c34)n2)cc1. The summed E-state index contributed by atoms with van der Waals surface area (Å²) in [5.41, 5.74) is 9.15. The van der Waals surface area contributed by atoms with Crippen LogP contribution in [0, 0.1) is 0 Å². The van der Waals surface area contributed by atoms with E-state index < -0.39 is 0 Å². The highest BCUT2D eigenvalue weighted by Gasteiger charge is 2.19. The molecule has 46 heavy (non-hydrogen) atoms. The van der Waals surface area contributed by atoms with Crippen molar-refractivity contribution in [1.82, 2.24) is 19.5 Å². The molecule has 0 spiro atoms. The van der Waals surface area contributed by atoms with Crippen LogP contribution in [0.4, 0.5) is 0 Å². The van der Waals surface area contributed by atoms with Crippen LogP contribution in [0.3, 0.4) is 0 Å². The van der Waals surface area contributed by atoms with Crippen molar-refractivity contribution in [1.29, 1.82) is 0 Å². The number of nitrogens with zero attached hydrogens (tertiary/aromatic N) is 4. The molecule has 0 aliphatic rings. The Morgan fingerprint density at radius 3 is 1.85 bits per heavy atom. The Labute approximate surface area is 269 Å². The second-order valence-electron chi connectivity index (χ2n) is 11.3. The minimum absolute atomic E-state index is 0.715. The Morgan fingerprint density at radius 1 is 0.478 bits per heavy atom. The van der Waals surface area contributed by atoms with Gasteiger partial charge in [-0.1, -0.05) is 103 Å². The van der Waals surface area contributed by atoms with Crippen molar-refractivity contribution in [2.75, 3.05) is 0 Å². The van der Waals surface area contributed by atoms with Crippen molar-refractivity contribution < 1.29 is 0 Å². The van der Waals surface area contributed by atoms with Crippen LogP contribution in [-0.4, -0.2) is 19.5 Å². The van der Waals surface area contributed by atoms with E-state index >= 15 is 0 Å². The van der Waals surface area contributed by atoms with Gasteiger partial charge in [-0.15, -0.1) is 11.3 Å². The van der Waals surface area contributed by atoms with E-state index in [-0.39, 0.29) is 0 Å². The molecule has 9 aromatic rings. The molecule has 6 aromatic carbocycles. The Hall–Kier alpha value is -5.91. The van der Waals surface area contributed by atoms with Crippen molar-refractivity contribution in [2.24, 2.45) is 0 Å². The molecule has 216 valence electrons. The summed E-state index contributed by atoms with van der Waals surface area (Å²) in [5.74, 6) is 1.63. The fraction of sp³-hybridized carbons (Fsp3) is 0. The van der Waals surface area contributed by atoms with Crippen LogP contribution in [0.25, 0.3) is 82.2 Å². The molecule has 5 heteroatoms. The average Bonchev–Trinajstić information content (AvgIpc) is 3.71. The maximum absolute atomic E-state index is 5.18. The predicted molar refractivity (Wildman–Crippen MR) is 191 cm³/mol. The van der Waals surface area contributed by atoms with Gasteiger partial charge < -0.3 is 0 Å². The maximum atomic E-state index is 5.18. The number of imidazole rings is 1. The maximum Gasteiger partial charge on any atom is 0.161 e. The molecule has 0 N–H and O–H groups in total. The van der Waals surface area contributed by atoms with Crippen molar-refractivity contribution in [3.05, 3.63) is 158 Å². The summed E-state index contributed by atoms with van der Waals surface area (Å²) in [4.78, 5) is 15.5. The van der Waals surface area contributed by atoms with E-state index in [1.807, 2.05) is 24.3 Å². The van der Waals surface area contributed by atoms with Gasteiger partial charge in [-0.3, -0.25) is 4.57 Å². The highest BCUT2D eigenvalue weighted by Crippen LogP contribution is 2.42. The number of fused-ring (bicyclic) bond motifs is 4. The zero-order valence-corrected chi connectivity index (χ0v) is 25.5. The number of hydrogen-bond donors (Lipinski definition) is 0. The number of benzene rings is 6. The van der Waals surface area contributed by atoms with Gasteiger partial charge in [0.25, 0.3) is 0 Å². The van der Waals surface area contributed by atoms with Crippen LogP contribution in [0.15, 0.2) is 158 Å². The monoisotopic (exact) mass is 606 g/mol. The first-order chi connectivity index (χ1) is 22.8. The highest BCUT2D eigenvalue weighted by molar-refractivity contribution is 7.26. The Kier molecular flexibility index (Phi) is 6.28. The molecule has 0 atom stereocenters. The predicted octanol–water partition coefficient (Wildman–Crippen LogP) is 10.9. The molecule has 0 bridgehead atoms. The molecule has 0 fully saturated rings. The lowest BCUT2D eigenvalue weighted by Crippen LogP contribution is -1.97. The minimum Gasteiger partial charge on any atom is -0.292 e. The van der Waals surface area contributed by atoms with Gasteiger partial charge in [-0.2, -0.15) is 0 Å². The lowest BCUT2D eigenvalue weighted by atomic mass is 10.0. The molecule has 0 amide bonds. The molecule has 0 saturated carbocycles. The second kappa shape index (κ2) is 10.9. The minimum atomic E-state index is 0.715. The van der Waals surface area contributed by atoms with E-state index in [9.17, 15) is 0 Å². The summed E-state index contributed by atoms with van der Waals surface area (Å²) in [7, 11) is 0. The lowest BCUT2D eigenvalue weighted by molar-refractivity contribution is 1.10. The summed E-state index contributed by atoms with van der Waals surface area (Å²) in [6, 6.07) is 54.7. The van der Waals surface area contributed by atoms with Crippen LogP contribution in [0.1, 0.15) is 0 Å². The zero-order valence-electron chi connectivity index (χ0n) is 24.7. The molecule has 0 aliphatic heterocycles. The third kappa shape index (κ3) is 4.48. The number of para-hydroxylation sites is 3. The van der Waals surface area contributed by atoms with E-state index in [0.717, 1.165) is 61.6 Å². The first kappa shape index (κ1) is 26.5. The van der Waals surface area contributed by atoms with Crippen molar-refractivity contribution >= 4 is 42.5 Å². The molecule has 3 aromatic heterocycles. The molecule has 0 radical (unpaired) electrons. The molecular formula is C41H26N4S. The molecule has 0 unspecified atom stereocenters. The zero-order chi connectivity index (χ0) is 30.5. The smallest absolute Gasteiger partial charge is 0.161 e. The van der Waals surface area contributed by atoms with Gasteiger partial charge in [-0.05, 0) is 54.6 Å². The highest BCUT2D eigenvalue weighted by atomic mass is 32.1. The first-order valence-corrected chi connectivity index (χ1v) is 16.1. The first-order valence-electron chi connectivity index (χ1n) is 15.3. The molecule has 0 saturated heterocycles. The van der Waals surface area contributed by atoms with Crippen molar-refractivity contribution in [2.45, 2.75) is 0 Å². The van der Waals surface area contributed by atoms with Crippen LogP contribution in [0.2, 0.25) is 0 Å². The van der Waals surface area contributed by atoms with Gasteiger partial charge in [0.1, 0.15) is 5.82 Å². The van der Waals surface area contributed by atoms with Gasteiger partial charge >= 0.3 is 0 Å². The summed E-state index contributed by atoms with van der Waals surface area (Å²) in [6.45, 7) is 0. The van der Waals surface area contributed by atoms with Crippen LogP contribution >= 0.6 is 11.3 Å². The topological polar surface area (TPSA) is 43.6 Å². The van der Waals surface area contributed by atoms with Gasteiger partial charge in [0.05, 0.1) is 22.4 Å². The molecule has 9 rings (SSSR count). The van der Waals surface area contributed by atoms with Gasteiger partial charge in [0, 0.05) is 48.1 Å². The fourth-order valence-corrected chi connectivity index (χ4v) is 7.40. The second-order valence-corrected chi connectivity index (χ2v) is 12.4. The lowest BCUT2D eigenvalue weighted by Gasteiger charge is -2.11. The van der Waals surface area contributed by atoms with E-state index in [1.165, 1.54) is 14.8 Å². The van der Waals surface area contributed by atoms with Gasteiger partial charge in [0.2, 0.25) is 0 Å². The summed E-state index contributed by atoms with van der Waals surface area (Å²) >= 11 is 1.80. The normalized spacial score (nSPS) is 11.5. The number of aromatic nitrogens is 4. The van der Waals surface area contributed by atoms with Crippen molar-refractivity contribution in [3.63, 3.8) is 0 Å². The van der Waals surface area contributed by atoms with E-state index in [2.05, 4.69) is 138 Å². The summed E-state index contributed by atoms with van der Waals surface area (Å²) < 4.78 is 4.68. The number of thiophene rings is 1. The Balaban J connectivity index is 1.28. The number of rotatable bonds is 5. The number of hydrogen-bond acceptors (Lipinski definition) is 4. The molecule has 3 heterocycles. The van der Waals surface area contributed by atoms with E-state index in [1.54, 1.807) is 11.3 Å². The average molecular weight is 607 g/mol. The van der Waals surface area contributed by atoms with E-state index in [4.69, 9.17) is 15.0 Å². The van der Waals surface area contributed by atoms with Crippen LogP contribution in [-0.2, 0) is 0 Å². The quantitative estimate of drug-likeness (QED) is 0.196. The Morgan fingerprint density at radius 2 is 1.13 bits per heavy atom. The summed E-state index contributed by atoms with van der Waals surface area (Å²) in [5, 5.41) is 2.34. The van der Waals surface area contributed by atoms with Gasteiger partial charge in [-0.25, -0.2) is 15.0 Å². The fourth-order valence-electron chi connectivity index (χ4n) is 6.29. The van der Waals surface area contributed by atoms with Crippen molar-refractivity contribution in [3.8, 4) is 51.0 Å². The molecule has 4 nitrogen and oxygen atoms in total. The van der Waals surface area contributed by atoms with Gasteiger partial charge in [0.15, 0.2) is 5.82 Å². The third-order valence-corrected chi connectivity index (χ3v) is 9.57. The third-order valence-electron chi connectivity index (χ3n) is 8.43. The van der Waals surface area contributed by atoms with Crippen LogP contribution < -0.4 is 0 Å². The molecule has 0 aliphatic carbocycles. The molecular weight excluding hydrogens is 581 g/mol. The standard InChI is InChI=1S/C41H26N4S/c1-4-13-27(14-5-1)34-26-35(28-15-6-2-7-16-28)43-40(42-34)31-19-12-22-38-39(31)32-25-29(23-24-37(32)46-38)41-44-33-20-10-11-21-36(33)45(41)30-17-8-3-9-18-30/h1-26H. The largest absolute Gasteiger partial charge is 0.292 e. The summed E-state index contributed by atoms with van der Waals surface area (Å²) in [6.07, 6.45) is 0. The Bertz CT molecular complexity index is 2460. The van der Waals surface area contributed by atoms with E-state index in [0.29, 0.717) is 5.82 Å². The van der Waals surface area contributed by atoms with Crippen LogP contribution in [0.5, 0.6) is 0 Å².